The zero-order chi connectivity index (χ0) is 21.0. The van der Waals surface area contributed by atoms with Gasteiger partial charge in [-0.3, -0.25) is 14.9 Å². The lowest BCUT2D eigenvalue weighted by Gasteiger charge is -2.31. The van der Waals surface area contributed by atoms with Crippen LogP contribution in [0.3, 0.4) is 0 Å². The van der Waals surface area contributed by atoms with Crippen LogP contribution in [-0.4, -0.2) is 42.7 Å². The molecule has 0 atom stereocenters. The van der Waals surface area contributed by atoms with Gasteiger partial charge in [0.05, 0.1) is 11.0 Å². The Morgan fingerprint density at radius 3 is 2.31 bits per heavy atom. The Bertz CT molecular complexity index is 861. The molecule has 0 radical (unpaired) electrons. The number of nitro groups is 1. The molecular formula is C19H26FN3O5S. The molecule has 1 saturated heterocycles. The van der Waals surface area contributed by atoms with Crippen LogP contribution in [0.4, 0.5) is 10.1 Å². The lowest BCUT2D eigenvalue weighted by Crippen LogP contribution is -2.45. The van der Waals surface area contributed by atoms with Crippen LogP contribution in [-0.2, 0) is 14.8 Å². The fourth-order valence-electron chi connectivity index (χ4n) is 4.09. The number of hydrogen-bond donors (Lipinski definition) is 1. The summed E-state index contributed by atoms with van der Waals surface area (Å²) in [7, 11) is -4.14. The fourth-order valence-corrected chi connectivity index (χ4v) is 5.70. The molecule has 0 aromatic heterocycles. The van der Waals surface area contributed by atoms with E-state index in [0.717, 1.165) is 42.1 Å². The highest BCUT2D eigenvalue weighted by molar-refractivity contribution is 7.89. The van der Waals surface area contributed by atoms with Crippen LogP contribution in [0, 0.1) is 21.8 Å². The first-order valence-corrected chi connectivity index (χ1v) is 11.5. The Kier molecular flexibility index (Phi) is 6.84. The van der Waals surface area contributed by atoms with Crippen molar-refractivity contribution in [3.8, 4) is 0 Å². The monoisotopic (exact) mass is 427 g/mol. The van der Waals surface area contributed by atoms with Crippen LogP contribution in [0.5, 0.6) is 0 Å². The molecule has 3 rings (SSSR count). The van der Waals surface area contributed by atoms with Crippen LogP contribution in [0.1, 0.15) is 51.4 Å². The zero-order valence-electron chi connectivity index (χ0n) is 16.2. The average molecular weight is 427 g/mol. The smallest absolute Gasteiger partial charge is 0.292 e. The van der Waals surface area contributed by atoms with Gasteiger partial charge in [-0.05, 0) is 37.8 Å². The van der Waals surface area contributed by atoms with E-state index in [4.69, 9.17) is 0 Å². The number of sulfonamides is 1. The zero-order valence-corrected chi connectivity index (χ0v) is 17.0. The summed E-state index contributed by atoms with van der Waals surface area (Å²) < 4.78 is 40.2. The van der Waals surface area contributed by atoms with Crippen molar-refractivity contribution >= 4 is 21.6 Å². The summed E-state index contributed by atoms with van der Waals surface area (Å²) >= 11 is 0. The Hall–Kier alpha value is -2.07. The molecule has 1 aromatic rings. The number of nitrogens with one attached hydrogen (secondary N) is 1. The predicted octanol–water partition coefficient (Wildman–Crippen LogP) is 2.97. The molecule has 1 aliphatic heterocycles. The lowest BCUT2D eigenvalue weighted by molar-refractivity contribution is -0.388. The number of piperidine rings is 1. The van der Waals surface area contributed by atoms with Gasteiger partial charge in [0, 0.05) is 25.0 Å². The lowest BCUT2D eigenvalue weighted by atomic mass is 9.96. The summed E-state index contributed by atoms with van der Waals surface area (Å²) in [6.45, 7) is 0.194. The first-order chi connectivity index (χ1) is 13.8. The van der Waals surface area contributed by atoms with E-state index in [0.29, 0.717) is 18.9 Å². The summed E-state index contributed by atoms with van der Waals surface area (Å²) in [5.74, 6) is -1.18. The normalized spacial score (nSPS) is 20.2. The highest BCUT2D eigenvalue weighted by atomic mass is 32.2. The van der Waals surface area contributed by atoms with Crippen LogP contribution in [0.2, 0.25) is 0 Å². The minimum Gasteiger partial charge on any atom is -0.353 e. The van der Waals surface area contributed by atoms with E-state index in [1.165, 1.54) is 12.8 Å². The molecule has 1 aliphatic carbocycles. The topological polar surface area (TPSA) is 110 Å². The standard InChI is InChI=1S/C19H26FN3O5S/c20-15-7-8-18(17(13-15)23(25)26)29(27,28)22-11-9-14(10-12-22)19(24)21-16-5-3-1-2-4-6-16/h7-8,13-14,16H,1-6,9-12H2,(H,21,24). The Labute approximate surface area is 169 Å². The van der Waals surface area contributed by atoms with Gasteiger partial charge >= 0.3 is 0 Å². The summed E-state index contributed by atoms with van der Waals surface area (Å²) in [5.41, 5.74) is -0.779. The van der Waals surface area contributed by atoms with Gasteiger partial charge in [-0.25, -0.2) is 12.8 Å². The first kappa shape index (κ1) is 21.6. The van der Waals surface area contributed by atoms with Crippen LogP contribution >= 0.6 is 0 Å². The molecule has 1 amide bonds. The number of amides is 1. The summed E-state index contributed by atoms with van der Waals surface area (Å²) in [5, 5.41) is 14.3. The Morgan fingerprint density at radius 2 is 1.72 bits per heavy atom. The Balaban J connectivity index is 1.64. The van der Waals surface area contributed by atoms with Crippen molar-refractivity contribution in [3.05, 3.63) is 34.1 Å². The van der Waals surface area contributed by atoms with Crippen molar-refractivity contribution in [2.45, 2.75) is 62.3 Å². The minimum absolute atomic E-state index is 0.0401. The van der Waals surface area contributed by atoms with Crippen molar-refractivity contribution in [1.29, 1.82) is 0 Å². The largest absolute Gasteiger partial charge is 0.353 e. The SMILES string of the molecule is O=C(NC1CCCCCC1)C1CCN(S(=O)(=O)c2ccc(F)cc2[N+](=O)[O-])CC1. The van der Waals surface area contributed by atoms with Gasteiger partial charge in [0.1, 0.15) is 5.82 Å². The second kappa shape index (κ2) is 9.17. The van der Waals surface area contributed by atoms with E-state index >= 15 is 0 Å². The maximum absolute atomic E-state index is 13.3. The second-order valence-corrected chi connectivity index (χ2v) is 9.65. The second-order valence-electron chi connectivity index (χ2n) is 7.74. The number of halogens is 1. The molecule has 0 bridgehead atoms. The van der Waals surface area contributed by atoms with Gasteiger partial charge in [0.15, 0.2) is 4.90 Å². The van der Waals surface area contributed by atoms with Crippen molar-refractivity contribution in [1.82, 2.24) is 9.62 Å². The molecule has 1 N–H and O–H groups in total. The van der Waals surface area contributed by atoms with E-state index in [2.05, 4.69) is 5.32 Å². The first-order valence-electron chi connectivity index (χ1n) is 10.0. The van der Waals surface area contributed by atoms with Gasteiger partial charge in [0.2, 0.25) is 15.9 Å². The molecule has 2 fully saturated rings. The number of rotatable bonds is 5. The third kappa shape index (κ3) is 5.11. The molecule has 0 spiro atoms. The molecule has 0 unspecified atom stereocenters. The maximum Gasteiger partial charge on any atom is 0.292 e. The van der Waals surface area contributed by atoms with E-state index in [-0.39, 0.29) is 31.0 Å². The van der Waals surface area contributed by atoms with Gasteiger partial charge in [-0.2, -0.15) is 4.31 Å². The van der Waals surface area contributed by atoms with E-state index in [9.17, 15) is 27.7 Å². The maximum atomic E-state index is 13.3. The molecular weight excluding hydrogens is 401 g/mol. The van der Waals surface area contributed by atoms with Crippen LogP contribution in [0.25, 0.3) is 0 Å². The van der Waals surface area contributed by atoms with E-state index < -0.39 is 31.3 Å². The van der Waals surface area contributed by atoms with E-state index in [1.54, 1.807) is 0 Å². The third-order valence-electron chi connectivity index (χ3n) is 5.76. The van der Waals surface area contributed by atoms with Gasteiger partial charge in [0.25, 0.3) is 5.69 Å². The van der Waals surface area contributed by atoms with Crippen molar-refractivity contribution < 1.29 is 22.5 Å². The molecule has 10 heteroatoms. The average Bonchev–Trinajstić information content (AvgIpc) is 2.96. The quantitative estimate of drug-likeness (QED) is 0.441. The van der Waals surface area contributed by atoms with Crippen LogP contribution in [0.15, 0.2) is 23.1 Å². The molecule has 29 heavy (non-hydrogen) atoms. The summed E-state index contributed by atoms with van der Waals surface area (Å²) in [4.78, 5) is 22.3. The number of hydrogen-bond acceptors (Lipinski definition) is 5. The molecule has 1 aromatic carbocycles. The highest BCUT2D eigenvalue weighted by Crippen LogP contribution is 2.30. The Morgan fingerprint density at radius 1 is 1.10 bits per heavy atom. The molecule has 8 nitrogen and oxygen atoms in total. The fraction of sp³-hybridized carbons (Fsp3) is 0.632. The molecule has 160 valence electrons. The van der Waals surface area contributed by atoms with Crippen molar-refractivity contribution in [2.24, 2.45) is 5.92 Å². The van der Waals surface area contributed by atoms with Gasteiger partial charge in [-0.15, -0.1) is 0 Å². The number of nitrogens with zero attached hydrogens (tertiary/aromatic N) is 2. The molecule has 1 heterocycles. The highest BCUT2D eigenvalue weighted by Gasteiger charge is 2.36. The van der Waals surface area contributed by atoms with Crippen molar-refractivity contribution in [3.63, 3.8) is 0 Å². The summed E-state index contributed by atoms with van der Waals surface area (Å²) in [6, 6.07) is 2.62. The number of carbonyl (C=O) groups excluding carboxylic acids is 1. The number of carbonyl (C=O) groups is 1. The molecule has 2 aliphatic rings. The minimum atomic E-state index is -4.14. The number of benzene rings is 1. The third-order valence-corrected chi connectivity index (χ3v) is 7.71. The van der Waals surface area contributed by atoms with Crippen LogP contribution < -0.4 is 5.32 Å². The number of nitro benzene ring substituents is 1. The van der Waals surface area contributed by atoms with Crippen molar-refractivity contribution in [2.75, 3.05) is 13.1 Å². The van der Waals surface area contributed by atoms with E-state index in [1.807, 2.05) is 0 Å². The van der Waals surface area contributed by atoms with Gasteiger partial charge in [-0.1, -0.05) is 25.7 Å². The summed E-state index contributed by atoms with van der Waals surface area (Å²) in [6.07, 6.45) is 7.27. The predicted molar refractivity (Wildman–Crippen MR) is 104 cm³/mol. The van der Waals surface area contributed by atoms with Gasteiger partial charge < -0.3 is 5.32 Å². The molecule has 1 saturated carbocycles.